The van der Waals surface area contributed by atoms with Crippen LogP contribution >= 0.6 is 0 Å². The quantitative estimate of drug-likeness (QED) is 0.650. The van der Waals surface area contributed by atoms with Gasteiger partial charge in [0.25, 0.3) is 0 Å². The first-order valence-electron chi connectivity index (χ1n) is 4.71. The number of rotatable bonds is 1. The minimum Gasteiger partial charge on any atom is -0.358 e. The number of hydrogen-bond acceptors (Lipinski definition) is 0. The van der Waals surface area contributed by atoms with Crippen molar-refractivity contribution in [3.05, 3.63) is 41.4 Å². The predicted molar refractivity (Wildman–Crippen MR) is 58.6 cm³/mol. The molecule has 0 fully saturated rings. The fourth-order valence-corrected chi connectivity index (χ4v) is 1.52. The number of aromatic amines is 1. The van der Waals surface area contributed by atoms with Crippen LogP contribution in [0.5, 0.6) is 0 Å². The second kappa shape index (κ2) is 3.19. The molecule has 2 nitrogen and oxygen atoms in total. The van der Waals surface area contributed by atoms with Crippen LogP contribution in [0.2, 0.25) is 0 Å². The standard InChI is InChI=1S/C12H12N2/c1-8(2)12-7-9-6-10(13-3)4-5-11(9)14-12/h4-8,14H,1-2H3. The highest BCUT2D eigenvalue weighted by molar-refractivity contribution is 5.84. The summed E-state index contributed by atoms with van der Waals surface area (Å²) in [6.45, 7) is 11.2. The lowest BCUT2D eigenvalue weighted by Crippen LogP contribution is -1.84. The van der Waals surface area contributed by atoms with Gasteiger partial charge < -0.3 is 4.98 Å². The Hall–Kier alpha value is -1.75. The van der Waals surface area contributed by atoms with Crippen LogP contribution in [-0.2, 0) is 0 Å². The van der Waals surface area contributed by atoms with Gasteiger partial charge in [-0.1, -0.05) is 19.9 Å². The number of nitrogens with one attached hydrogen (secondary N) is 1. The summed E-state index contributed by atoms with van der Waals surface area (Å²) in [5.41, 5.74) is 3.04. The number of aromatic nitrogens is 1. The molecule has 2 rings (SSSR count). The maximum atomic E-state index is 6.93. The number of fused-ring (bicyclic) bond motifs is 1. The summed E-state index contributed by atoms with van der Waals surface area (Å²) in [5, 5.41) is 1.13. The van der Waals surface area contributed by atoms with Crippen molar-refractivity contribution < 1.29 is 0 Å². The van der Waals surface area contributed by atoms with E-state index in [4.69, 9.17) is 6.57 Å². The average Bonchev–Trinajstić information content (AvgIpc) is 2.59. The van der Waals surface area contributed by atoms with Crippen LogP contribution in [0.15, 0.2) is 24.3 Å². The zero-order valence-electron chi connectivity index (χ0n) is 8.33. The Morgan fingerprint density at radius 3 is 2.71 bits per heavy atom. The Labute approximate surface area is 83.4 Å². The van der Waals surface area contributed by atoms with Gasteiger partial charge >= 0.3 is 0 Å². The van der Waals surface area contributed by atoms with Gasteiger partial charge in [0, 0.05) is 11.2 Å². The first-order valence-corrected chi connectivity index (χ1v) is 4.71. The molecule has 0 spiro atoms. The molecule has 0 aliphatic carbocycles. The van der Waals surface area contributed by atoms with Crippen LogP contribution in [0.3, 0.4) is 0 Å². The van der Waals surface area contributed by atoms with Crippen LogP contribution in [0, 0.1) is 6.57 Å². The predicted octanol–water partition coefficient (Wildman–Crippen LogP) is 3.84. The second-order valence-corrected chi connectivity index (χ2v) is 3.76. The van der Waals surface area contributed by atoms with E-state index in [2.05, 4.69) is 29.7 Å². The van der Waals surface area contributed by atoms with Gasteiger partial charge in [0.15, 0.2) is 5.69 Å². The van der Waals surface area contributed by atoms with Crippen molar-refractivity contribution in [1.29, 1.82) is 0 Å². The topological polar surface area (TPSA) is 20.1 Å². The van der Waals surface area contributed by atoms with Crippen molar-refractivity contribution in [2.24, 2.45) is 0 Å². The minimum absolute atomic E-state index is 0.499. The van der Waals surface area contributed by atoms with Crippen molar-refractivity contribution in [1.82, 2.24) is 4.98 Å². The molecule has 70 valence electrons. The third kappa shape index (κ3) is 1.38. The summed E-state index contributed by atoms with van der Waals surface area (Å²) in [7, 11) is 0. The maximum absolute atomic E-state index is 6.93. The monoisotopic (exact) mass is 184 g/mol. The normalized spacial score (nSPS) is 10.7. The SMILES string of the molecule is [C-]#[N+]c1ccc2[nH]c(C(C)C)cc2c1. The van der Waals surface area contributed by atoms with E-state index in [0.717, 1.165) is 10.9 Å². The lowest BCUT2D eigenvalue weighted by Gasteiger charge is -1.97. The van der Waals surface area contributed by atoms with E-state index in [1.807, 2.05) is 18.2 Å². The van der Waals surface area contributed by atoms with E-state index >= 15 is 0 Å². The highest BCUT2D eigenvalue weighted by atomic mass is 14.7. The van der Waals surface area contributed by atoms with E-state index in [1.54, 1.807) is 0 Å². The van der Waals surface area contributed by atoms with Crippen LogP contribution in [-0.4, -0.2) is 4.98 Å². The molecule has 0 radical (unpaired) electrons. The van der Waals surface area contributed by atoms with Gasteiger partial charge in [-0.3, -0.25) is 0 Å². The molecule has 0 aliphatic rings. The summed E-state index contributed by atoms with van der Waals surface area (Å²) >= 11 is 0. The first kappa shape index (κ1) is 8.83. The number of benzene rings is 1. The number of nitrogens with zero attached hydrogens (tertiary/aromatic N) is 1. The molecule has 1 aromatic heterocycles. The summed E-state index contributed by atoms with van der Waals surface area (Å²) < 4.78 is 0. The molecule has 1 aromatic carbocycles. The maximum Gasteiger partial charge on any atom is 0.187 e. The van der Waals surface area contributed by atoms with Gasteiger partial charge in [-0.25, -0.2) is 4.85 Å². The van der Waals surface area contributed by atoms with E-state index < -0.39 is 0 Å². The molecular formula is C12H12N2. The summed E-state index contributed by atoms with van der Waals surface area (Å²) in [5.74, 6) is 0.499. The molecule has 1 N–H and O–H groups in total. The van der Waals surface area contributed by atoms with Crippen molar-refractivity contribution in [3.63, 3.8) is 0 Å². The molecule has 0 bridgehead atoms. The third-order valence-electron chi connectivity index (χ3n) is 2.38. The highest BCUT2D eigenvalue weighted by Gasteiger charge is 2.04. The van der Waals surface area contributed by atoms with Crippen molar-refractivity contribution in [2.45, 2.75) is 19.8 Å². The van der Waals surface area contributed by atoms with Gasteiger partial charge in [0.1, 0.15) is 0 Å². The van der Waals surface area contributed by atoms with E-state index in [9.17, 15) is 0 Å². The molecule has 0 unspecified atom stereocenters. The Morgan fingerprint density at radius 2 is 2.07 bits per heavy atom. The molecule has 0 atom stereocenters. The first-order chi connectivity index (χ1) is 6.70. The summed E-state index contributed by atoms with van der Waals surface area (Å²) in [6, 6.07) is 7.85. The molecule has 0 saturated heterocycles. The summed E-state index contributed by atoms with van der Waals surface area (Å²) in [4.78, 5) is 6.75. The Bertz CT molecular complexity index is 501. The van der Waals surface area contributed by atoms with Crippen LogP contribution in [0.1, 0.15) is 25.5 Å². The van der Waals surface area contributed by atoms with Gasteiger partial charge in [0.05, 0.1) is 6.57 Å². The Kier molecular flexibility index (Phi) is 2.01. The minimum atomic E-state index is 0.499. The summed E-state index contributed by atoms with van der Waals surface area (Å²) in [6.07, 6.45) is 0. The zero-order chi connectivity index (χ0) is 10.1. The number of H-pyrrole nitrogens is 1. The smallest absolute Gasteiger partial charge is 0.187 e. The fraction of sp³-hybridized carbons (Fsp3) is 0.250. The lowest BCUT2D eigenvalue weighted by molar-refractivity contribution is 0.836. The van der Waals surface area contributed by atoms with Crippen molar-refractivity contribution in [3.8, 4) is 0 Å². The molecule has 0 saturated carbocycles. The van der Waals surface area contributed by atoms with Crippen LogP contribution < -0.4 is 0 Å². The van der Waals surface area contributed by atoms with Crippen molar-refractivity contribution >= 4 is 16.6 Å². The van der Waals surface area contributed by atoms with E-state index in [1.165, 1.54) is 5.69 Å². The Balaban J connectivity index is 2.61. The van der Waals surface area contributed by atoms with E-state index in [0.29, 0.717) is 11.6 Å². The molecule has 0 aliphatic heterocycles. The van der Waals surface area contributed by atoms with E-state index in [-0.39, 0.29) is 0 Å². The van der Waals surface area contributed by atoms with Gasteiger partial charge in [-0.2, -0.15) is 0 Å². The number of hydrogen-bond donors (Lipinski definition) is 1. The molecule has 1 heterocycles. The largest absolute Gasteiger partial charge is 0.358 e. The molecule has 2 aromatic rings. The fourth-order valence-electron chi connectivity index (χ4n) is 1.52. The van der Waals surface area contributed by atoms with Gasteiger partial charge in [-0.05, 0) is 29.5 Å². The van der Waals surface area contributed by atoms with Gasteiger partial charge in [-0.15, -0.1) is 0 Å². The molecule has 2 heteroatoms. The van der Waals surface area contributed by atoms with Crippen molar-refractivity contribution in [2.75, 3.05) is 0 Å². The molecular weight excluding hydrogens is 172 g/mol. The van der Waals surface area contributed by atoms with Gasteiger partial charge in [0.2, 0.25) is 0 Å². The van der Waals surface area contributed by atoms with Crippen LogP contribution in [0.25, 0.3) is 15.7 Å². The lowest BCUT2D eigenvalue weighted by atomic mass is 10.1. The molecule has 14 heavy (non-hydrogen) atoms. The second-order valence-electron chi connectivity index (χ2n) is 3.76. The third-order valence-corrected chi connectivity index (χ3v) is 2.38. The molecule has 0 amide bonds. The Morgan fingerprint density at radius 1 is 1.29 bits per heavy atom. The van der Waals surface area contributed by atoms with Crippen LogP contribution in [0.4, 0.5) is 5.69 Å². The zero-order valence-corrected chi connectivity index (χ0v) is 8.33. The highest BCUT2D eigenvalue weighted by Crippen LogP contribution is 2.24. The average molecular weight is 184 g/mol.